The van der Waals surface area contributed by atoms with Crippen molar-refractivity contribution < 1.29 is 4.74 Å². The first kappa shape index (κ1) is 21.0. The van der Waals surface area contributed by atoms with Crippen molar-refractivity contribution in [3.63, 3.8) is 0 Å². The van der Waals surface area contributed by atoms with Crippen molar-refractivity contribution >= 4 is 29.9 Å². The Bertz CT molecular complexity index is 339. The molecule has 2 aliphatic rings. The molecule has 0 amide bonds. The zero-order valence-corrected chi connectivity index (χ0v) is 17.2. The van der Waals surface area contributed by atoms with Gasteiger partial charge in [-0.1, -0.05) is 19.8 Å². The predicted octanol–water partition coefficient (Wildman–Crippen LogP) is 2.46. The van der Waals surface area contributed by atoms with Crippen LogP contribution in [0.2, 0.25) is 0 Å². The van der Waals surface area contributed by atoms with E-state index in [2.05, 4.69) is 29.4 Å². The van der Waals surface area contributed by atoms with Crippen LogP contribution in [0.4, 0.5) is 0 Å². The number of halogens is 1. The van der Waals surface area contributed by atoms with Crippen LogP contribution in [0, 0.1) is 5.41 Å². The van der Waals surface area contributed by atoms with E-state index in [1.165, 1.54) is 32.1 Å². The van der Waals surface area contributed by atoms with Gasteiger partial charge in [-0.15, -0.1) is 24.0 Å². The van der Waals surface area contributed by atoms with Gasteiger partial charge in [-0.25, -0.2) is 0 Å². The fraction of sp³-hybridized carbons (Fsp3) is 0.941. The fourth-order valence-electron chi connectivity index (χ4n) is 3.49. The largest absolute Gasteiger partial charge is 0.379 e. The topological polar surface area (TPSA) is 48.9 Å². The van der Waals surface area contributed by atoms with E-state index < -0.39 is 0 Å². The van der Waals surface area contributed by atoms with Gasteiger partial charge in [0.25, 0.3) is 0 Å². The number of aliphatic imine (C=N–C) groups is 1. The maximum Gasteiger partial charge on any atom is 0.191 e. The van der Waals surface area contributed by atoms with Crippen LogP contribution in [0.1, 0.15) is 46.0 Å². The first-order valence-electron chi connectivity index (χ1n) is 9.10. The summed E-state index contributed by atoms with van der Waals surface area (Å²) in [4.78, 5) is 7.32. The van der Waals surface area contributed by atoms with Crippen molar-refractivity contribution in [1.82, 2.24) is 15.5 Å². The number of rotatable bonds is 7. The van der Waals surface area contributed by atoms with E-state index in [9.17, 15) is 0 Å². The van der Waals surface area contributed by atoms with Crippen LogP contribution in [-0.2, 0) is 4.74 Å². The highest BCUT2D eigenvalue weighted by Crippen LogP contribution is 2.41. The number of hydrogen-bond acceptors (Lipinski definition) is 3. The molecule has 6 heteroatoms. The number of guanidine groups is 1. The minimum absolute atomic E-state index is 0. The molecule has 0 bridgehead atoms. The summed E-state index contributed by atoms with van der Waals surface area (Å²) in [6.45, 7) is 12.2. The van der Waals surface area contributed by atoms with Crippen LogP contribution in [-0.4, -0.2) is 63.3 Å². The maximum absolute atomic E-state index is 5.39. The summed E-state index contributed by atoms with van der Waals surface area (Å²) in [5, 5.41) is 6.87. The first-order valence-corrected chi connectivity index (χ1v) is 9.10. The summed E-state index contributed by atoms with van der Waals surface area (Å²) in [5.74, 6) is 0.982. The second-order valence-electron chi connectivity index (χ2n) is 6.64. The number of morpholine rings is 1. The monoisotopic (exact) mass is 438 g/mol. The van der Waals surface area contributed by atoms with Crippen LogP contribution in [0.25, 0.3) is 0 Å². The summed E-state index contributed by atoms with van der Waals surface area (Å²) >= 11 is 0. The second-order valence-corrected chi connectivity index (χ2v) is 6.64. The molecule has 1 aliphatic heterocycles. The molecule has 2 N–H and O–H groups in total. The van der Waals surface area contributed by atoms with E-state index >= 15 is 0 Å². The number of hydrogen-bond donors (Lipinski definition) is 2. The van der Waals surface area contributed by atoms with E-state index in [1.807, 2.05) is 0 Å². The molecule has 0 aromatic heterocycles. The van der Waals surface area contributed by atoms with Crippen LogP contribution in [0.3, 0.4) is 0 Å². The molecule has 0 radical (unpaired) electrons. The van der Waals surface area contributed by atoms with Gasteiger partial charge < -0.3 is 15.4 Å². The predicted molar refractivity (Wildman–Crippen MR) is 108 cm³/mol. The van der Waals surface area contributed by atoms with E-state index in [-0.39, 0.29) is 24.0 Å². The van der Waals surface area contributed by atoms with Gasteiger partial charge in [0.1, 0.15) is 0 Å². The lowest BCUT2D eigenvalue weighted by Crippen LogP contribution is -2.44. The Morgan fingerprint density at radius 3 is 2.43 bits per heavy atom. The maximum atomic E-state index is 5.39. The van der Waals surface area contributed by atoms with Gasteiger partial charge in [-0.3, -0.25) is 9.89 Å². The zero-order chi connectivity index (χ0) is 15.7. The molecule has 1 saturated carbocycles. The van der Waals surface area contributed by atoms with E-state index in [0.717, 1.165) is 58.4 Å². The molecule has 5 nitrogen and oxygen atoms in total. The molecule has 136 valence electrons. The third kappa shape index (κ3) is 7.13. The highest BCUT2D eigenvalue weighted by Gasteiger charge is 2.31. The second kappa shape index (κ2) is 11.5. The smallest absolute Gasteiger partial charge is 0.191 e. The molecule has 1 saturated heterocycles. The van der Waals surface area contributed by atoms with Crippen molar-refractivity contribution in [2.24, 2.45) is 10.4 Å². The van der Waals surface area contributed by atoms with Crippen LogP contribution >= 0.6 is 24.0 Å². The van der Waals surface area contributed by atoms with E-state index in [1.54, 1.807) is 0 Å². The molecule has 2 rings (SSSR count). The average Bonchev–Trinajstić information content (AvgIpc) is 3.03. The summed E-state index contributed by atoms with van der Waals surface area (Å²) in [5.41, 5.74) is 0.465. The van der Waals surface area contributed by atoms with E-state index in [0.29, 0.717) is 5.41 Å². The molecule has 1 aliphatic carbocycles. The van der Waals surface area contributed by atoms with E-state index in [4.69, 9.17) is 9.73 Å². The Balaban J connectivity index is 0.00000264. The molecular formula is C17H35IN4O. The van der Waals surface area contributed by atoms with Crippen molar-refractivity contribution in [3.05, 3.63) is 0 Å². The van der Waals surface area contributed by atoms with Crippen LogP contribution < -0.4 is 10.6 Å². The summed E-state index contributed by atoms with van der Waals surface area (Å²) in [6, 6.07) is 0. The lowest BCUT2D eigenvalue weighted by Gasteiger charge is -2.27. The number of nitrogens with zero attached hydrogens (tertiary/aromatic N) is 2. The van der Waals surface area contributed by atoms with Gasteiger partial charge in [0.2, 0.25) is 0 Å². The van der Waals surface area contributed by atoms with Crippen LogP contribution in [0.5, 0.6) is 0 Å². The quantitative estimate of drug-likeness (QED) is 0.364. The molecule has 0 aromatic rings. The molecule has 0 unspecified atom stereocenters. The van der Waals surface area contributed by atoms with Crippen molar-refractivity contribution in [3.8, 4) is 0 Å². The summed E-state index contributed by atoms with van der Waals surface area (Å²) in [6.07, 6.45) is 6.71. The normalized spacial score (nSPS) is 21.7. The Kier molecular flexibility index (Phi) is 10.5. The van der Waals surface area contributed by atoms with Crippen molar-refractivity contribution in [2.45, 2.75) is 46.0 Å². The van der Waals surface area contributed by atoms with Crippen molar-refractivity contribution in [2.75, 3.05) is 52.5 Å². The SMILES string of the molecule is CCNC(=NCC1(CC)CCCC1)NCCN1CCOCC1.I. The molecule has 23 heavy (non-hydrogen) atoms. The number of nitrogens with one attached hydrogen (secondary N) is 2. The lowest BCUT2D eigenvalue weighted by molar-refractivity contribution is 0.0389. The van der Waals surface area contributed by atoms with Gasteiger partial charge in [-0.05, 0) is 31.6 Å². The lowest BCUT2D eigenvalue weighted by atomic mass is 9.84. The summed E-state index contributed by atoms with van der Waals surface area (Å²) in [7, 11) is 0. The Labute approximate surface area is 159 Å². The minimum Gasteiger partial charge on any atom is -0.379 e. The molecular weight excluding hydrogens is 403 g/mol. The first-order chi connectivity index (χ1) is 10.8. The highest BCUT2D eigenvalue weighted by atomic mass is 127. The molecule has 2 fully saturated rings. The number of ether oxygens (including phenoxy) is 1. The van der Waals surface area contributed by atoms with Gasteiger partial charge in [0, 0.05) is 39.3 Å². The zero-order valence-electron chi connectivity index (χ0n) is 14.9. The fourth-order valence-corrected chi connectivity index (χ4v) is 3.49. The van der Waals surface area contributed by atoms with Gasteiger partial charge in [0.15, 0.2) is 5.96 Å². The van der Waals surface area contributed by atoms with Gasteiger partial charge in [-0.2, -0.15) is 0 Å². The molecule has 0 spiro atoms. The Hall–Kier alpha value is -0.0800. The molecule has 1 heterocycles. The third-order valence-corrected chi connectivity index (χ3v) is 5.16. The third-order valence-electron chi connectivity index (χ3n) is 5.16. The van der Waals surface area contributed by atoms with Crippen LogP contribution in [0.15, 0.2) is 4.99 Å². The highest BCUT2D eigenvalue weighted by molar-refractivity contribution is 14.0. The summed E-state index contributed by atoms with van der Waals surface area (Å²) < 4.78 is 5.39. The minimum atomic E-state index is 0. The Morgan fingerprint density at radius 1 is 1.13 bits per heavy atom. The molecule has 0 aromatic carbocycles. The Morgan fingerprint density at radius 2 is 1.83 bits per heavy atom. The van der Waals surface area contributed by atoms with Gasteiger partial charge in [0.05, 0.1) is 13.2 Å². The molecule has 0 atom stereocenters. The van der Waals surface area contributed by atoms with Crippen molar-refractivity contribution in [1.29, 1.82) is 0 Å². The average molecular weight is 438 g/mol. The standard InChI is InChI=1S/C17H34N4O.HI/c1-3-17(7-5-6-8-17)15-20-16(18-4-2)19-9-10-21-11-13-22-14-12-21;/h3-15H2,1-2H3,(H2,18,19,20);1H. The van der Waals surface area contributed by atoms with Gasteiger partial charge >= 0.3 is 0 Å².